The number of fused-ring (bicyclic) bond motifs is 1. The van der Waals surface area contributed by atoms with Gasteiger partial charge in [-0.3, -0.25) is 4.90 Å². The van der Waals surface area contributed by atoms with E-state index in [0.717, 1.165) is 30.7 Å². The molecule has 4 heteroatoms. The van der Waals surface area contributed by atoms with E-state index in [-0.39, 0.29) is 6.61 Å². The average Bonchev–Trinajstić information content (AvgIpc) is 2.94. The highest BCUT2D eigenvalue weighted by Gasteiger charge is 2.11. The van der Waals surface area contributed by atoms with Crippen LogP contribution in [0.2, 0.25) is 0 Å². The highest BCUT2D eigenvalue weighted by Crippen LogP contribution is 2.18. The lowest BCUT2D eigenvalue weighted by atomic mass is 10.1. The standard InChI is InChI=1S/C17H27N3O/c1-3-5-9-19(10-6-4-2)13-15-8-7-11-20-17(15)16(14-21)12-18-20/h7-8,11-12,21H,3-6,9-10,13-14H2,1-2H3. The first kappa shape index (κ1) is 16.0. The molecule has 0 aliphatic carbocycles. The summed E-state index contributed by atoms with van der Waals surface area (Å²) >= 11 is 0. The van der Waals surface area contributed by atoms with E-state index in [0.29, 0.717) is 0 Å². The minimum atomic E-state index is 0.0461. The van der Waals surface area contributed by atoms with Crippen LogP contribution in [0.1, 0.15) is 50.7 Å². The highest BCUT2D eigenvalue weighted by molar-refractivity contribution is 5.60. The van der Waals surface area contributed by atoms with Crippen LogP contribution in [0.25, 0.3) is 5.52 Å². The number of rotatable bonds is 9. The van der Waals surface area contributed by atoms with E-state index in [1.54, 1.807) is 6.20 Å². The normalized spacial score (nSPS) is 11.6. The van der Waals surface area contributed by atoms with E-state index >= 15 is 0 Å². The Bertz CT molecular complexity index is 542. The molecule has 0 fully saturated rings. The maximum atomic E-state index is 9.50. The third kappa shape index (κ3) is 4.05. The monoisotopic (exact) mass is 289 g/mol. The molecule has 116 valence electrons. The molecule has 0 radical (unpaired) electrons. The van der Waals surface area contributed by atoms with Crippen molar-refractivity contribution in [3.8, 4) is 0 Å². The first-order chi connectivity index (χ1) is 10.3. The minimum Gasteiger partial charge on any atom is -0.392 e. The molecule has 1 N–H and O–H groups in total. The largest absolute Gasteiger partial charge is 0.392 e. The van der Waals surface area contributed by atoms with E-state index < -0.39 is 0 Å². The van der Waals surface area contributed by atoms with Gasteiger partial charge in [0.1, 0.15) is 0 Å². The van der Waals surface area contributed by atoms with Crippen LogP contribution in [0, 0.1) is 0 Å². The van der Waals surface area contributed by atoms with Gasteiger partial charge in [0.25, 0.3) is 0 Å². The Hall–Kier alpha value is -1.39. The number of hydrogen-bond acceptors (Lipinski definition) is 3. The van der Waals surface area contributed by atoms with Gasteiger partial charge in [-0.2, -0.15) is 5.10 Å². The van der Waals surface area contributed by atoms with Crippen molar-refractivity contribution in [3.63, 3.8) is 0 Å². The second-order valence-electron chi connectivity index (χ2n) is 5.64. The van der Waals surface area contributed by atoms with Crippen molar-refractivity contribution in [2.24, 2.45) is 0 Å². The molecule has 2 rings (SSSR count). The van der Waals surface area contributed by atoms with Crippen molar-refractivity contribution < 1.29 is 5.11 Å². The molecule has 0 saturated heterocycles. The van der Waals surface area contributed by atoms with Crippen molar-refractivity contribution in [1.82, 2.24) is 14.5 Å². The van der Waals surface area contributed by atoms with Crippen LogP contribution in [0.3, 0.4) is 0 Å². The predicted molar refractivity (Wildman–Crippen MR) is 86.2 cm³/mol. The summed E-state index contributed by atoms with van der Waals surface area (Å²) in [4.78, 5) is 2.52. The molecule has 0 saturated carbocycles. The van der Waals surface area contributed by atoms with E-state index in [9.17, 15) is 5.11 Å². The lowest BCUT2D eigenvalue weighted by Gasteiger charge is -2.22. The summed E-state index contributed by atoms with van der Waals surface area (Å²) in [5.74, 6) is 0. The zero-order valence-corrected chi connectivity index (χ0v) is 13.3. The third-order valence-corrected chi connectivity index (χ3v) is 3.92. The number of nitrogens with zero attached hydrogens (tertiary/aromatic N) is 3. The van der Waals surface area contributed by atoms with Crippen LogP contribution >= 0.6 is 0 Å². The fraction of sp³-hybridized carbons (Fsp3) is 0.588. The van der Waals surface area contributed by atoms with Gasteiger partial charge >= 0.3 is 0 Å². The van der Waals surface area contributed by atoms with E-state index in [1.807, 2.05) is 16.8 Å². The molecule has 4 nitrogen and oxygen atoms in total. The van der Waals surface area contributed by atoms with Gasteiger partial charge < -0.3 is 5.11 Å². The molecule has 2 aromatic rings. The van der Waals surface area contributed by atoms with Crippen LogP contribution in [0.4, 0.5) is 0 Å². The summed E-state index contributed by atoms with van der Waals surface area (Å²) in [5, 5.41) is 13.8. The zero-order valence-electron chi connectivity index (χ0n) is 13.3. The third-order valence-electron chi connectivity index (χ3n) is 3.92. The Morgan fingerprint density at radius 1 is 1.14 bits per heavy atom. The average molecular weight is 289 g/mol. The summed E-state index contributed by atoms with van der Waals surface area (Å²) in [6, 6.07) is 4.19. The van der Waals surface area contributed by atoms with Gasteiger partial charge in [0.2, 0.25) is 0 Å². The summed E-state index contributed by atoms with van der Waals surface area (Å²) in [5.41, 5.74) is 3.24. The van der Waals surface area contributed by atoms with E-state index in [2.05, 4.69) is 29.9 Å². The van der Waals surface area contributed by atoms with Crippen molar-refractivity contribution in [2.75, 3.05) is 13.1 Å². The second kappa shape index (κ2) is 8.15. The van der Waals surface area contributed by atoms with Crippen molar-refractivity contribution in [3.05, 3.63) is 35.7 Å². The first-order valence-electron chi connectivity index (χ1n) is 8.07. The Morgan fingerprint density at radius 2 is 1.86 bits per heavy atom. The number of hydrogen-bond donors (Lipinski definition) is 1. The van der Waals surface area contributed by atoms with Crippen LogP contribution in [-0.4, -0.2) is 32.7 Å². The van der Waals surface area contributed by atoms with Gasteiger partial charge in [0.15, 0.2) is 0 Å². The van der Waals surface area contributed by atoms with Crippen molar-refractivity contribution in [2.45, 2.75) is 52.7 Å². The second-order valence-corrected chi connectivity index (χ2v) is 5.64. The van der Waals surface area contributed by atoms with Crippen molar-refractivity contribution in [1.29, 1.82) is 0 Å². The lowest BCUT2D eigenvalue weighted by molar-refractivity contribution is 0.257. The molecular weight excluding hydrogens is 262 g/mol. The molecule has 0 spiro atoms. The van der Waals surface area contributed by atoms with Gasteiger partial charge in [0.05, 0.1) is 18.3 Å². The van der Waals surface area contributed by atoms with Gasteiger partial charge in [-0.25, -0.2) is 4.52 Å². The SMILES string of the molecule is CCCCN(CCCC)Cc1cccn2ncc(CO)c12. The molecule has 0 unspecified atom stereocenters. The Balaban J connectivity index is 2.20. The van der Waals surface area contributed by atoms with Crippen LogP contribution in [-0.2, 0) is 13.2 Å². The minimum absolute atomic E-state index is 0.0461. The summed E-state index contributed by atoms with van der Waals surface area (Å²) < 4.78 is 1.87. The smallest absolute Gasteiger partial charge is 0.0761 e. The Morgan fingerprint density at radius 3 is 2.48 bits per heavy atom. The molecule has 0 atom stereocenters. The molecule has 0 aromatic carbocycles. The maximum absolute atomic E-state index is 9.50. The number of aromatic nitrogens is 2. The van der Waals surface area contributed by atoms with Gasteiger partial charge in [-0.05, 0) is 37.6 Å². The predicted octanol–water partition coefficient (Wildman–Crippen LogP) is 3.23. The fourth-order valence-corrected chi connectivity index (χ4v) is 2.70. The molecule has 0 amide bonds. The van der Waals surface area contributed by atoms with E-state index in [4.69, 9.17) is 0 Å². The number of aliphatic hydroxyl groups is 1. The molecule has 0 aliphatic heterocycles. The van der Waals surface area contributed by atoms with Crippen molar-refractivity contribution >= 4 is 5.52 Å². The molecule has 0 bridgehead atoms. The van der Waals surface area contributed by atoms with Gasteiger partial charge in [-0.15, -0.1) is 0 Å². The maximum Gasteiger partial charge on any atom is 0.0761 e. The Kier molecular flexibility index (Phi) is 6.21. The number of aliphatic hydroxyl groups excluding tert-OH is 1. The van der Waals surface area contributed by atoms with Crippen LogP contribution in [0.15, 0.2) is 24.5 Å². The molecule has 2 aromatic heterocycles. The summed E-state index contributed by atoms with van der Waals surface area (Å²) in [6.45, 7) is 7.73. The quantitative estimate of drug-likeness (QED) is 0.770. The summed E-state index contributed by atoms with van der Waals surface area (Å²) in [7, 11) is 0. The highest BCUT2D eigenvalue weighted by atomic mass is 16.3. The van der Waals surface area contributed by atoms with Crippen LogP contribution in [0.5, 0.6) is 0 Å². The lowest BCUT2D eigenvalue weighted by Crippen LogP contribution is -2.26. The Labute approximate surface area is 127 Å². The number of unbranched alkanes of at least 4 members (excludes halogenated alkanes) is 2. The molecular formula is C17H27N3O. The zero-order chi connectivity index (χ0) is 15.1. The number of pyridine rings is 1. The summed E-state index contributed by atoms with van der Waals surface area (Å²) in [6.07, 6.45) is 8.63. The molecule has 21 heavy (non-hydrogen) atoms. The molecule has 0 aliphatic rings. The molecule has 2 heterocycles. The van der Waals surface area contributed by atoms with Crippen LogP contribution < -0.4 is 0 Å². The fourth-order valence-electron chi connectivity index (χ4n) is 2.70. The van der Waals surface area contributed by atoms with Gasteiger partial charge in [-0.1, -0.05) is 32.8 Å². The van der Waals surface area contributed by atoms with E-state index in [1.165, 1.54) is 31.2 Å². The van der Waals surface area contributed by atoms with Gasteiger partial charge in [0, 0.05) is 18.3 Å². The first-order valence-corrected chi connectivity index (χ1v) is 8.07. The topological polar surface area (TPSA) is 40.8 Å².